The van der Waals surface area contributed by atoms with Crippen molar-refractivity contribution < 1.29 is 9.53 Å². The molecule has 0 bridgehead atoms. The van der Waals surface area contributed by atoms with Gasteiger partial charge in [-0.05, 0) is 55.7 Å². The number of aromatic nitrogens is 1. The Morgan fingerprint density at radius 3 is 2.76 bits per heavy atom. The Kier molecular flexibility index (Phi) is 6.12. The molecule has 0 radical (unpaired) electrons. The summed E-state index contributed by atoms with van der Waals surface area (Å²) in [7, 11) is 0. The summed E-state index contributed by atoms with van der Waals surface area (Å²) >= 11 is 1.39. The maximum absolute atomic E-state index is 12.9. The molecule has 5 nitrogen and oxygen atoms in total. The van der Waals surface area contributed by atoms with Crippen LogP contribution >= 0.6 is 11.5 Å². The van der Waals surface area contributed by atoms with E-state index in [-0.39, 0.29) is 17.4 Å². The number of rotatable bonds is 4. The fraction of sp³-hybridized carbons (Fsp3) is 0.789. The van der Waals surface area contributed by atoms with Gasteiger partial charge in [-0.2, -0.15) is 4.37 Å². The Bertz CT molecular complexity index is 575. The molecule has 140 valence electrons. The van der Waals surface area contributed by atoms with Crippen LogP contribution in [0.5, 0.6) is 0 Å². The van der Waals surface area contributed by atoms with Crippen molar-refractivity contribution in [1.29, 1.82) is 0 Å². The number of nitrogens with one attached hydrogen (secondary N) is 1. The maximum Gasteiger partial charge on any atom is 0.242 e. The molecule has 2 saturated heterocycles. The number of hydrogen-bond donors (Lipinski definition) is 1. The second-order valence-electron chi connectivity index (χ2n) is 8.38. The molecule has 0 aliphatic carbocycles. The maximum atomic E-state index is 12.9. The summed E-state index contributed by atoms with van der Waals surface area (Å²) in [5, 5.41) is 3.99. The highest BCUT2D eigenvalue weighted by Gasteiger charge is 2.31. The average molecular weight is 366 g/mol. The number of carbonyl (C=O) groups is 1. The van der Waals surface area contributed by atoms with Gasteiger partial charge in [0.2, 0.25) is 5.91 Å². The summed E-state index contributed by atoms with van der Waals surface area (Å²) in [6.45, 7) is 10.2. The Balaban J connectivity index is 1.61. The van der Waals surface area contributed by atoms with Crippen LogP contribution in [0.4, 0.5) is 5.00 Å². The van der Waals surface area contributed by atoms with Gasteiger partial charge in [-0.15, -0.1) is 0 Å². The first kappa shape index (κ1) is 18.8. The van der Waals surface area contributed by atoms with Gasteiger partial charge in [0, 0.05) is 25.2 Å². The third-order valence-corrected chi connectivity index (χ3v) is 5.98. The van der Waals surface area contributed by atoms with E-state index in [1.54, 1.807) is 0 Å². The molecule has 0 spiro atoms. The molecule has 3 rings (SSSR count). The molecule has 3 heterocycles. The second-order valence-corrected chi connectivity index (χ2v) is 9.18. The van der Waals surface area contributed by atoms with Gasteiger partial charge < -0.3 is 10.1 Å². The minimum atomic E-state index is -0.00298. The minimum absolute atomic E-state index is 0.00298. The van der Waals surface area contributed by atoms with E-state index in [1.807, 2.05) is 6.07 Å². The molecule has 25 heavy (non-hydrogen) atoms. The van der Waals surface area contributed by atoms with E-state index in [2.05, 4.69) is 35.4 Å². The molecular formula is C19H31N3O2S. The Labute approximate surface area is 155 Å². The summed E-state index contributed by atoms with van der Waals surface area (Å²) in [6, 6.07) is 2.02. The lowest BCUT2D eigenvalue weighted by atomic mass is 9.92. The number of carbonyl (C=O) groups excluding carboxylic acids is 1. The van der Waals surface area contributed by atoms with E-state index >= 15 is 0 Å². The molecule has 1 aromatic heterocycles. The number of nitrogens with zero attached hydrogens (tertiary/aromatic N) is 2. The number of likely N-dealkylation sites (tertiary alicyclic amines) is 1. The number of hydrogen-bond acceptors (Lipinski definition) is 5. The fourth-order valence-electron chi connectivity index (χ4n) is 3.66. The topological polar surface area (TPSA) is 54.5 Å². The molecule has 1 N–H and O–H groups in total. The monoisotopic (exact) mass is 365 g/mol. The first-order valence-electron chi connectivity index (χ1n) is 9.53. The van der Waals surface area contributed by atoms with Crippen molar-refractivity contribution >= 4 is 22.4 Å². The van der Waals surface area contributed by atoms with Crippen molar-refractivity contribution in [2.45, 2.75) is 64.3 Å². The lowest BCUT2D eigenvalue weighted by Gasteiger charge is -2.37. The quantitative estimate of drug-likeness (QED) is 0.885. The molecule has 1 amide bonds. The predicted molar refractivity (Wildman–Crippen MR) is 102 cm³/mol. The molecule has 6 heteroatoms. The van der Waals surface area contributed by atoms with Crippen molar-refractivity contribution in [3.8, 4) is 0 Å². The normalized spacial score (nSPS) is 23.6. The summed E-state index contributed by atoms with van der Waals surface area (Å²) < 4.78 is 9.97. The van der Waals surface area contributed by atoms with E-state index in [4.69, 9.17) is 4.74 Å². The van der Waals surface area contributed by atoms with Gasteiger partial charge in [-0.3, -0.25) is 9.69 Å². The average Bonchev–Trinajstić information content (AvgIpc) is 3.05. The first-order chi connectivity index (χ1) is 11.9. The molecule has 1 atom stereocenters. The standard InChI is InChI=1S/C19H31N3O2S/c1-19(2,3)16-12-17(25-21-16)20-18(23)15-6-4-5-9-22(15)13-14-7-10-24-11-8-14/h12,14-15H,4-11,13H2,1-3H3,(H,20,23)/t15-/m0/s1. The molecule has 1 aromatic rings. The Morgan fingerprint density at radius 2 is 2.08 bits per heavy atom. The predicted octanol–water partition coefficient (Wildman–Crippen LogP) is 3.66. The zero-order chi connectivity index (χ0) is 17.9. The van der Waals surface area contributed by atoms with Gasteiger partial charge in [0.1, 0.15) is 5.00 Å². The van der Waals surface area contributed by atoms with Crippen LogP contribution in [0.25, 0.3) is 0 Å². The number of ether oxygens (including phenoxy) is 1. The van der Waals surface area contributed by atoms with Crippen molar-refractivity contribution in [2.75, 3.05) is 31.6 Å². The third-order valence-electron chi connectivity index (χ3n) is 5.27. The minimum Gasteiger partial charge on any atom is -0.381 e. The molecule has 0 aromatic carbocycles. The summed E-state index contributed by atoms with van der Waals surface area (Å²) in [6.07, 6.45) is 5.53. The van der Waals surface area contributed by atoms with Crippen LogP contribution in [0.15, 0.2) is 6.07 Å². The van der Waals surface area contributed by atoms with Crippen molar-refractivity contribution in [3.05, 3.63) is 11.8 Å². The SMILES string of the molecule is CC(C)(C)c1cc(NC(=O)[C@@H]2CCCCN2CC2CCOCC2)sn1. The van der Waals surface area contributed by atoms with Crippen molar-refractivity contribution in [3.63, 3.8) is 0 Å². The zero-order valence-corrected chi connectivity index (χ0v) is 16.5. The van der Waals surface area contributed by atoms with Crippen LogP contribution in [0.2, 0.25) is 0 Å². The lowest BCUT2D eigenvalue weighted by molar-refractivity contribution is -0.122. The largest absolute Gasteiger partial charge is 0.381 e. The van der Waals surface area contributed by atoms with E-state index in [0.29, 0.717) is 5.92 Å². The van der Waals surface area contributed by atoms with Gasteiger partial charge >= 0.3 is 0 Å². The summed E-state index contributed by atoms with van der Waals surface area (Å²) in [4.78, 5) is 15.3. The van der Waals surface area contributed by atoms with Crippen LogP contribution in [-0.4, -0.2) is 47.5 Å². The number of piperidine rings is 1. The van der Waals surface area contributed by atoms with E-state index in [1.165, 1.54) is 18.0 Å². The number of anilines is 1. The Hall–Kier alpha value is -0.980. The fourth-order valence-corrected chi connectivity index (χ4v) is 4.49. The molecule has 2 fully saturated rings. The molecule has 2 aliphatic rings. The molecule has 0 saturated carbocycles. The van der Waals surface area contributed by atoms with Crippen LogP contribution in [-0.2, 0) is 14.9 Å². The number of amides is 1. The van der Waals surface area contributed by atoms with Gasteiger partial charge in [0.05, 0.1) is 11.7 Å². The summed E-state index contributed by atoms with van der Waals surface area (Å²) in [5.74, 6) is 0.800. The third kappa shape index (κ3) is 5.02. The highest BCUT2D eigenvalue weighted by molar-refractivity contribution is 7.10. The molecule has 2 aliphatic heterocycles. The zero-order valence-electron chi connectivity index (χ0n) is 15.7. The van der Waals surface area contributed by atoms with Crippen LogP contribution in [0.1, 0.15) is 58.6 Å². The second kappa shape index (κ2) is 8.14. The Morgan fingerprint density at radius 1 is 1.32 bits per heavy atom. The highest BCUT2D eigenvalue weighted by atomic mass is 32.1. The van der Waals surface area contributed by atoms with Crippen LogP contribution in [0, 0.1) is 5.92 Å². The van der Waals surface area contributed by atoms with Crippen LogP contribution < -0.4 is 5.32 Å². The molecular weight excluding hydrogens is 334 g/mol. The molecule has 0 unspecified atom stereocenters. The van der Waals surface area contributed by atoms with Crippen LogP contribution in [0.3, 0.4) is 0 Å². The van der Waals surface area contributed by atoms with E-state index < -0.39 is 0 Å². The van der Waals surface area contributed by atoms with Gasteiger partial charge in [-0.25, -0.2) is 0 Å². The van der Waals surface area contributed by atoms with Gasteiger partial charge in [0.25, 0.3) is 0 Å². The lowest BCUT2D eigenvalue weighted by Crippen LogP contribution is -2.49. The van der Waals surface area contributed by atoms with Gasteiger partial charge in [0.15, 0.2) is 0 Å². The van der Waals surface area contributed by atoms with Crippen molar-refractivity contribution in [2.24, 2.45) is 5.92 Å². The van der Waals surface area contributed by atoms with Crippen molar-refractivity contribution in [1.82, 2.24) is 9.27 Å². The van der Waals surface area contributed by atoms with E-state index in [0.717, 1.165) is 62.7 Å². The smallest absolute Gasteiger partial charge is 0.242 e. The van der Waals surface area contributed by atoms with E-state index in [9.17, 15) is 4.79 Å². The first-order valence-corrected chi connectivity index (χ1v) is 10.3. The highest BCUT2D eigenvalue weighted by Crippen LogP contribution is 2.28. The van der Waals surface area contributed by atoms with Gasteiger partial charge in [-0.1, -0.05) is 27.2 Å². The summed E-state index contributed by atoms with van der Waals surface area (Å²) in [5.41, 5.74) is 1.05.